The summed E-state index contributed by atoms with van der Waals surface area (Å²) < 4.78 is 1.02. The lowest BCUT2D eigenvalue weighted by atomic mass is 10.2. The van der Waals surface area contributed by atoms with Gasteiger partial charge in [0.15, 0.2) is 0 Å². The van der Waals surface area contributed by atoms with Crippen molar-refractivity contribution in [2.24, 2.45) is 0 Å². The Morgan fingerprint density at radius 3 is 2.12 bits per heavy atom. The molecule has 3 rings (SSSR count). The fourth-order valence-corrected chi connectivity index (χ4v) is 3.10. The molecule has 0 heterocycles. The zero-order valence-electron chi connectivity index (χ0n) is 13.5. The first-order valence-corrected chi connectivity index (χ1v) is 8.99. The van der Waals surface area contributed by atoms with Crippen LogP contribution in [-0.4, -0.2) is 5.91 Å². The van der Waals surface area contributed by atoms with E-state index in [4.69, 9.17) is 0 Å². The molecule has 1 amide bonds. The lowest BCUT2D eigenvalue weighted by Crippen LogP contribution is -2.29. The molecule has 0 unspecified atom stereocenters. The molecular formula is C22H16INO. The van der Waals surface area contributed by atoms with E-state index in [1.165, 1.54) is 0 Å². The van der Waals surface area contributed by atoms with Crippen LogP contribution in [0.1, 0.15) is 11.1 Å². The summed E-state index contributed by atoms with van der Waals surface area (Å²) in [5, 5.41) is 0. The number of hydrogen-bond acceptors (Lipinski definition) is 1. The second-order valence-corrected chi connectivity index (χ2v) is 6.61. The van der Waals surface area contributed by atoms with Crippen molar-refractivity contribution in [3.8, 4) is 11.8 Å². The Balaban J connectivity index is 1.92. The van der Waals surface area contributed by atoms with Gasteiger partial charge in [0.1, 0.15) is 0 Å². The number of carbonyl (C=O) groups excluding carboxylic acids is 1. The van der Waals surface area contributed by atoms with Crippen molar-refractivity contribution in [2.45, 2.75) is 6.54 Å². The summed E-state index contributed by atoms with van der Waals surface area (Å²) in [5.74, 6) is 5.52. The van der Waals surface area contributed by atoms with Gasteiger partial charge in [-0.3, -0.25) is 9.69 Å². The van der Waals surface area contributed by atoms with Crippen LogP contribution in [0.15, 0.2) is 84.9 Å². The highest BCUT2D eigenvalue weighted by atomic mass is 127. The number of anilines is 1. The third-order valence-corrected chi connectivity index (χ3v) is 4.57. The fraction of sp³-hybridized carbons (Fsp3) is 0.0455. The van der Waals surface area contributed by atoms with Gasteiger partial charge < -0.3 is 0 Å². The molecule has 0 spiro atoms. The Hall–Kier alpha value is -2.58. The van der Waals surface area contributed by atoms with E-state index in [1.807, 2.05) is 84.9 Å². The molecule has 25 heavy (non-hydrogen) atoms. The Morgan fingerprint density at radius 1 is 0.840 bits per heavy atom. The topological polar surface area (TPSA) is 20.3 Å². The molecule has 0 aliphatic heterocycles. The molecule has 2 nitrogen and oxygen atoms in total. The highest BCUT2D eigenvalue weighted by Gasteiger charge is 2.16. The van der Waals surface area contributed by atoms with E-state index >= 15 is 0 Å². The van der Waals surface area contributed by atoms with Crippen LogP contribution in [0, 0.1) is 15.4 Å². The van der Waals surface area contributed by atoms with Crippen LogP contribution >= 0.6 is 22.6 Å². The predicted octanol–water partition coefficient (Wildman–Crippen LogP) is 4.88. The molecule has 122 valence electrons. The van der Waals surface area contributed by atoms with Crippen LogP contribution in [0.5, 0.6) is 0 Å². The number of rotatable bonds is 3. The second kappa shape index (κ2) is 8.50. The summed E-state index contributed by atoms with van der Waals surface area (Å²) in [7, 11) is 0. The molecule has 0 aromatic heterocycles. The normalized spacial score (nSPS) is 9.80. The van der Waals surface area contributed by atoms with Crippen molar-refractivity contribution in [2.75, 3.05) is 4.90 Å². The summed E-state index contributed by atoms with van der Waals surface area (Å²) in [4.78, 5) is 14.6. The molecule has 0 N–H and O–H groups in total. The van der Waals surface area contributed by atoms with Gasteiger partial charge in [-0.05, 0) is 52.4 Å². The van der Waals surface area contributed by atoms with Crippen molar-refractivity contribution in [3.63, 3.8) is 0 Å². The van der Waals surface area contributed by atoms with E-state index in [9.17, 15) is 4.79 Å². The van der Waals surface area contributed by atoms with E-state index in [0.717, 1.165) is 20.4 Å². The zero-order valence-corrected chi connectivity index (χ0v) is 15.7. The van der Waals surface area contributed by atoms with Gasteiger partial charge in [0.05, 0.1) is 12.2 Å². The lowest BCUT2D eigenvalue weighted by Gasteiger charge is -2.21. The summed E-state index contributed by atoms with van der Waals surface area (Å²) in [5.41, 5.74) is 2.77. The Bertz CT molecular complexity index is 911. The summed E-state index contributed by atoms with van der Waals surface area (Å²) in [6, 6.07) is 27.3. The number of amides is 1. The Kier molecular flexibility index (Phi) is 5.86. The molecule has 3 heteroatoms. The van der Waals surface area contributed by atoms with Crippen LogP contribution in [0.3, 0.4) is 0 Å². The number of benzene rings is 3. The van der Waals surface area contributed by atoms with Crippen molar-refractivity contribution in [1.82, 2.24) is 0 Å². The minimum absolute atomic E-state index is 0.211. The first kappa shape index (κ1) is 17.2. The number of halogens is 1. The maximum Gasteiger partial charge on any atom is 0.303 e. The standard InChI is InChI=1S/C22H16INO/c23-20-13-7-8-14-21(20)24(17-19-11-5-2-6-12-19)22(25)16-15-18-9-3-1-4-10-18/h1-14H,17H2. The number of hydrogen-bond donors (Lipinski definition) is 0. The number of para-hydroxylation sites is 1. The van der Waals surface area contributed by atoms with E-state index < -0.39 is 0 Å². The van der Waals surface area contributed by atoms with Gasteiger partial charge >= 0.3 is 5.91 Å². The van der Waals surface area contributed by atoms with E-state index in [1.54, 1.807) is 4.90 Å². The van der Waals surface area contributed by atoms with Crippen molar-refractivity contribution in [3.05, 3.63) is 99.6 Å². The Labute approximate surface area is 161 Å². The minimum Gasteiger partial charge on any atom is -0.296 e. The second-order valence-electron chi connectivity index (χ2n) is 5.44. The predicted molar refractivity (Wildman–Crippen MR) is 110 cm³/mol. The minimum atomic E-state index is -0.211. The van der Waals surface area contributed by atoms with Crippen LogP contribution < -0.4 is 4.90 Å². The maximum absolute atomic E-state index is 12.8. The van der Waals surface area contributed by atoms with Gasteiger partial charge in [-0.15, -0.1) is 0 Å². The maximum atomic E-state index is 12.8. The zero-order chi connectivity index (χ0) is 17.5. The first-order valence-electron chi connectivity index (χ1n) is 7.91. The molecule has 3 aromatic carbocycles. The average Bonchev–Trinajstić information content (AvgIpc) is 2.66. The number of nitrogens with zero attached hydrogens (tertiary/aromatic N) is 1. The smallest absolute Gasteiger partial charge is 0.296 e. The molecule has 0 bridgehead atoms. The van der Waals surface area contributed by atoms with E-state index in [-0.39, 0.29) is 5.91 Å². The summed E-state index contributed by atoms with van der Waals surface area (Å²) in [6.07, 6.45) is 0. The van der Waals surface area contributed by atoms with Crippen molar-refractivity contribution in [1.29, 1.82) is 0 Å². The van der Waals surface area contributed by atoms with Crippen LogP contribution in [0.4, 0.5) is 5.69 Å². The fourth-order valence-electron chi connectivity index (χ4n) is 2.42. The monoisotopic (exact) mass is 437 g/mol. The highest BCUT2D eigenvalue weighted by Crippen LogP contribution is 2.24. The van der Waals surface area contributed by atoms with Gasteiger partial charge in [-0.2, -0.15) is 0 Å². The van der Waals surface area contributed by atoms with Gasteiger partial charge in [-0.1, -0.05) is 66.6 Å². The molecule has 0 radical (unpaired) electrons. The Morgan fingerprint density at radius 2 is 1.44 bits per heavy atom. The first-order chi connectivity index (χ1) is 12.2. The summed E-state index contributed by atoms with van der Waals surface area (Å²) in [6.45, 7) is 0.489. The number of carbonyl (C=O) groups is 1. The van der Waals surface area contributed by atoms with Gasteiger partial charge in [0.2, 0.25) is 0 Å². The molecule has 0 atom stereocenters. The van der Waals surface area contributed by atoms with Crippen molar-refractivity contribution < 1.29 is 4.79 Å². The van der Waals surface area contributed by atoms with Gasteiger partial charge in [-0.25, -0.2) is 0 Å². The van der Waals surface area contributed by atoms with Gasteiger partial charge in [0.25, 0.3) is 0 Å². The molecule has 0 saturated carbocycles. The summed E-state index contributed by atoms with van der Waals surface area (Å²) >= 11 is 2.25. The molecule has 3 aromatic rings. The van der Waals surface area contributed by atoms with E-state index in [0.29, 0.717) is 6.54 Å². The average molecular weight is 437 g/mol. The van der Waals surface area contributed by atoms with Crippen LogP contribution in [-0.2, 0) is 11.3 Å². The molecular weight excluding hydrogens is 421 g/mol. The highest BCUT2D eigenvalue weighted by molar-refractivity contribution is 14.1. The quantitative estimate of drug-likeness (QED) is 0.423. The van der Waals surface area contributed by atoms with E-state index in [2.05, 4.69) is 34.4 Å². The molecule has 0 aliphatic rings. The SMILES string of the molecule is O=C(C#Cc1ccccc1)N(Cc1ccccc1)c1ccccc1I. The third kappa shape index (κ3) is 4.71. The molecule has 0 aliphatic carbocycles. The molecule has 0 saturated heterocycles. The van der Waals surface area contributed by atoms with Gasteiger partial charge in [0, 0.05) is 15.1 Å². The third-order valence-electron chi connectivity index (χ3n) is 3.66. The van der Waals surface area contributed by atoms with Crippen molar-refractivity contribution >= 4 is 34.2 Å². The molecule has 0 fully saturated rings. The van der Waals surface area contributed by atoms with Crippen LogP contribution in [0.2, 0.25) is 0 Å². The van der Waals surface area contributed by atoms with Crippen LogP contribution in [0.25, 0.3) is 0 Å². The largest absolute Gasteiger partial charge is 0.303 e. The lowest BCUT2D eigenvalue weighted by molar-refractivity contribution is -0.113.